The van der Waals surface area contributed by atoms with E-state index in [2.05, 4.69) is 47.8 Å². The van der Waals surface area contributed by atoms with Crippen LogP contribution in [0.25, 0.3) is 21.8 Å². The molecule has 2 aromatic carbocycles. The van der Waals surface area contributed by atoms with Crippen LogP contribution in [-0.4, -0.2) is 108 Å². The molecule has 50 heavy (non-hydrogen) atoms. The van der Waals surface area contributed by atoms with Crippen molar-refractivity contribution in [3.8, 4) is 0 Å². The number of likely N-dealkylation sites (tertiary alicyclic amines) is 2. The Balaban J connectivity index is 0.000000159. The lowest BCUT2D eigenvalue weighted by molar-refractivity contribution is 0.0689. The van der Waals surface area contributed by atoms with Gasteiger partial charge in [-0.05, 0) is 99.1 Å². The van der Waals surface area contributed by atoms with E-state index in [0.29, 0.717) is 30.0 Å². The first-order valence-corrected chi connectivity index (χ1v) is 20.2. The largest absolute Gasteiger partial charge is 0.358 e. The Morgan fingerprint density at radius 2 is 1.22 bits per heavy atom. The van der Waals surface area contributed by atoms with Gasteiger partial charge in [-0.1, -0.05) is 13.8 Å². The third-order valence-electron chi connectivity index (χ3n) is 11.4. The van der Waals surface area contributed by atoms with Gasteiger partial charge in [0.1, 0.15) is 0 Å². The lowest BCUT2D eigenvalue weighted by atomic mass is 9.98. The summed E-state index contributed by atoms with van der Waals surface area (Å²) in [5.41, 5.74) is 7.94. The number of nitrogens with zero attached hydrogens (tertiary/aromatic N) is 5. The Morgan fingerprint density at radius 1 is 0.700 bits per heavy atom. The summed E-state index contributed by atoms with van der Waals surface area (Å²) in [4.78, 5) is 37.8. The molecule has 4 aromatic rings. The van der Waals surface area contributed by atoms with Gasteiger partial charge in [-0.3, -0.25) is 9.59 Å². The Morgan fingerprint density at radius 3 is 1.80 bits per heavy atom. The number of rotatable bonds is 3. The second kappa shape index (κ2) is 13.8. The number of hydrogen-bond acceptors (Lipinski definition) is 6. The van der Waals surface area contributed by atoms with E-state index < -0.39 is 10.0 Å². The molecular weight excluding hydrogens is 649 g/mol. The van der Waals surface area contributed by atoms with E-state index in [9.17, 15) is 18.0 Å². The number of carbonyl (C=O) groups is 2. The molecule has 6 heterocycles. The molecule has 0 unspecified atom stereocenters. The van der Waals surface area contributed by atoms with E-state index >= 15 is 0 Å². The van der Waals surface area contributed by atoms with Crippen molar-refractivity contribution >= 4 is 43.6 Å². The molecule has 0 radical (unpaired) electrons. The minimum Gasteiger partial charge on any atom is -0.358 e. The Hall–Kier alpha value is -3.67. The highest BCUT2D eigenvalue weighted by Crippen LogP contribution is 2.33. The van der Waals surface area contributed by atoms with Crippen molar-refractivity contribution in [3.63, 3.8) is 0 Å². The summed E-state index contributed by atoms with van der Waals surface area (Å²) in [7, 11) is 0.795. The number of fused-ring (bicyclic) bond motifs is 6. The van der Waals surface area contributed by atoms with Crippen LogP contribution >= 0.6 is 0 Å². The first kappa shape index (κ1) is 34.8. The minimum absolute atomic E-state index is 0.0498. The number of piperidine rings is 2. The summed E-state index contributed by atoms with van der Waals surface area (Å²) in [6.45, 7) is 11.5. The molecule has 1 N–H and O–H groups in total. The third-order valence-corrected chi connectivity index (χ3v) is 12.5. The number of aromatic nitrogens is 2. The maximum absolute atomic E-state index is 13.0. The Kier molecular flexibility index (Phi) is 9.60. The fraction of sp³-hybridized carbons (Fsp3) is 0.538. The zero-order valence-corrected chi connectivity index (χ0v) is 31.1. The number of carbonyl (C=O) groups excluding carboxylic acids is 2. The first-order valence-electron chi connectivity index (χ1n) is 18.3. The van der Waals surface area contributed by atoms with Gasteiger partial charge in [0, 0.05) is 104 Å². The molecule has 2 fully saturated rings. The second-order valence-electron chi connectivity index (χ2n) is 15.5. The van der Waals surface area contributed by atoms with Crippen LogP contribution in [0.15, 0.2) is 36.4 Å². The van der Waals surface area contributed by atoms with Gasteiger partial charge in [0.2, 0.25) is 10.0 Å². The summed E-state index contributed by atoms with van der Waals surface area (Å²) < 4.78 is 26.3. The van der Waals surface area contributed by atoms with Gasteiger partial charge in [-0.15, -0.1) is 0 Å². The molecule has 0 bridgehead atoms. The summed E-state index contributed by atoms with van der Waals surface area (Å²) in [6.07, 6.45) is 7.33. The van der Waals surface area contributed by atoms with E-state index in [0.717, 1.165) is 112 Å². The van der Waals surface area contributed by atoms with Crippen LogP contribution < -0.4 is 0 Å². The van der Waals surface area contributed by atoms with Crippen molar-refractivity contribution in [3.05, 3.63) is 70.0 Å². The molecule has 8 rings (SSSR count). The number of aromatic amines is 1. The summed E-state index contributed by atoms with van der Waals surface area (Å²) in [5.74, 6) is 1.66. The average Bonchev–Trinajstić information content (AvgIpc) is 3.63. The summed E-state index contributed by atoms with van der Waals surface area (Å²) >= 11 is 0. The maximum atomic E-state index is 13.0. The van der Waals surface area contributed by atoms with E-state index in [-0.39, 0.29) is 11.8 Å². The minimum atomic E-state index is -3.40. The van der Waals surface area contributed by atoms with E-state index in [1.807, 2.05) is 29.0 Å². The average molecular weight is 701 g/mol. The van der Waals surface area contributed by atoms with Gasteiger partial charge in [0.05, 0.1) is 11.8 Å². The van der Waals surface area contributed by atoms with Crippen molar-refractivity contribution in [2.45, 2.75) is 65.5 Å². The predicted molar refractivity (Wildman–Crippen MR) is 199 cm³/mol. The zero-order chi connectivity index (χ0) is 35.3. The van der Waals surface area contributed by atoms with Crippen LogP contribution in [0.3, 0.4) is 0 Å². The van der Waals surface area contributed by atoms with E-state index in [1.54, 1.807) is 12.1 Å². The smallest absolute Gasteiger partial charge is 0.253 e. The van der Waals surface area contributed by atoms with Crippen molar-refractivity contribution < 1.29 is 18.0 Å². The van der Waals surface area contributed by atoms with Crippen LogP contribution in [0.2, 0.25) is 0 Å². The molecule has 2 amide bonds. The molecule has 0 atom stereocenters. The quantitative estimate of drug-likeness (QED) is 0.310. The summed E-state index contributed by atoms with van der Waals surface area (Å²) in [6, 6.07) is 11.6. The molecule has 4 aliphatic heterocycles. The Labute approximate surface area is 296 Å². The van der Waals surface area contributed by atoms with E-state index in [1.165, 1.54) is 26.9 Å². The number of benzene rings is 2. The molecular formula is C39H52N6O4S. The van der Waals surface area contributed by atoms with Crippen LogP contribution in [0.4, 0.5) is 0 Å². The molecule has 11 heteroatoms. The first-order chi connectivity index (χ1) is 23.9. The van der Waals surface area contributed by atoms with Crippen LogP contribution in [0.5, 0.6) is 0 Å². The SMILES string of the molecule is CC1CCN(C(=O)c2ccc3[nH]c4c(c3c2)CN(C)CC4)CC1.CC1CCN(C(=O)c2ccc3c(c2)c2c(n3S(C)(=O)=O)CCN(C)C2)CC1. The summed E-state index contributed by atoms with van der Waals surface area (Å²) in [5, 5.41) is 2.11. The molecule has 2 aromatic heterocycles. The van der Waals surface area contributed by atoms with Gasteiger partial charge >= 0.3 is 0 Å². The highest BCUT2D eigenvalue weighted by atomic mass is 32.2. The normalized spacial score (nSPS) is 19.7. The standard InChI is InChI=1S/C20H27N3O3S.C19H25N3O/c1-14-6-10-22(11-7-14)20(24)15-4-5-18-16(12-15)17-13-21(2)9-8-19(17)23(18)27(3,25)26;1-13-5-9-22(10-6-13)19(23)14-3-4-17-15(11-14)16-12-21(2)8-7-18(16)20-17/h4-5,12,14H,6-11,13H2,1-3H3;3-4,11,13,20H,5-10,12H2,1-2H3. The lowest BCUT2D eigenvalue weighted by Crippen LogP contribution is -2.37. The van der Waals surface area contributed by atoms with Crippen LogP contribution in [0, 0.1) is 11.8 Å². The van der Waals surface area contributed by atoms with Crippen molar-refractivity contribution in [1.29, 1.82) is 0 Å². The predicted octanol–water partition coefficient (Wildman–Crippen LogP) is 5.34. The zero-order valence-electron chi connectivity index (χ0n) is 30.3. The number of amides is 2. The Bertz CT molecular complexity index is 2030. The number of hydrogen-bond donors (Lipinski definition) is 1. The fourth-order valence-electron chi connectivity index (χ4n) is 8.24. The second-order valence-corrected chi connectivity index (χ2v) is 17.3. The van der Waals surface area contributed by atoms with E-state index in [4.69, 9.17) is 0 Å². The highest BCUT2D eigenvalue weighted by molar-refractivity contribution is 7.89. The molecule has 4 aliphatic rings. The van der Waals surface area contributed by atoms with Crippen molar-refractivity contribution in [2.75, 3.05) is 59.6 Å². The maximum Gasteiger partial charge on any atom is 0.253 e. The molecule has 10 nitrogen and oxygen atoms in total. The molecule has 268 valence electrons. The van der Waals surface area contributed by atoms with Crippen LogP contribution in [-0.2, 0) is 36.0 Å². The van der Waals surface area contributed by atoms with Crippen LogP contribution in [0.1, 0.15) is 82.8 Å². The van der Waals surface area contributed by atoms with Gasteiger partial charge in [-0.25, -0.2) is 12.4 Å². The van der Waals surface area contributed by atoms with Gasteiger partial charge < -0.3 is 24.6 Å². The monoisotopic (exact) mass is 700 g/mol. The molecule has 2 saturated heterocycles. The third kappa shape index (κ3) is 6.84. The highest BCUT2D eigenvalue weighted by Gasteiger charge is 2.29. The molecule has 0 saturated carbocycles. The molecule has 0 aliphatic carbocycles. The van der Waals surface area contributed by atoms with Gasteiger partial charge in [-0.2, -0.15) is 0 Å². The van der Waals surface area contributed by atoms with Gasteiger partial charge in [0.15, 0.2) is 0 Å². The number of likely N-dealkylation sites (N-methyl/N-ethyl adjacent to an activating group) is 2. The van der Waals surface area contributed by atoms with Gasteiger partial charge in [0.25, 0.3) is 11.8 Å². The fourth-order valence-corrected chi connectivity index (χ4v) is 9.35. The number of H-pyrrole nitrogens is 1. The topological polar surface area (TPSA) is 102 Å². The van der Waals surface area contributed by atoms with Crippen molar-refractivity contribution in [1.82, 2.24) is 28.6 Å². The molecule has 0 spiro atoms. The number of nitrogens with one attached hydrogen (secondary N) is 1. The lowest BCUT2D eigenvalue weighted by Gasteiger charge is -2.30. The van der Waals surface area contributed by atoms with Crippen molar-refractivity contribution in [2.24, 2.45) is 11.8 Å².